The van der Waals surface area contributed by atoms with Gasteiger partial charge < -0.3 is 15.9 Å². The van der Waals surface area contributed by atoms with Gasteiger partial charge in [-0.2, -0.15) is 13.2 Å². The maximum absolute atomic E-state index is 13.9. The van der Waals surface area contributed by atoms with Crippen molar-refractivity contribution in [2.75, 3.05) is 17.7 Å². The number of pyridine rings is 1. The minimum atomic E-state index is -4.71. The summed E-state index contributed by atoms with van der Waals surface area (Å²) in [6, 6.07) is 1.21. The van der Waals surface area contributed by atoms with Crippen molar-refractivity contribution in [3.8, 4) is 11.3 Å². The van der Waals surface area contributed by atoms with Gasteiger partial charge in [-0.25, -0.2) is 4.79 Å². The van der Waals surface area contributed by atoms with Crippen LogP contribution in [-0.2, 0) is 17.5 Å². The van der Waals surface area contributed by atoms with Gasteiger partial charge >= 0.3 is 12.3 Å². The highest BCUT2D eigenvalue weighted by Crippen LogP contribution is 2.43. The molecule has 1 amide bonds. The highest BCUT2D eigenvalue weighted by Gasteiger charge is 2.40. The molecule has 0 saturated heterocycles. The molecule has 1 aliphatic heterocycles. The molecule has 4 rings (SSSR count). The van der Waals surface area contributed by atoms with E-state index in [0.717, 1.165) is 23.7 Å². The lowest BCUT2D eigenvalue weighted by Crippen LogP contribution is -2.43. The number of allylic oxidation sites excluding steroid dienone is 3. The molecule has 0 fully saturated rings. The number of carbonyl (C=O) groups is 2. The zero-order chi connectivity index (χ0) is 25.5. The first-order valence-corrected chi connectivity index (χ1v) is 11.1. The molecule has 0 unspecified atom stereocenters. The van der Waals surface area contributed by atoms with Gasteiger partial charge in [0.05, 0.1) is 41.3 Å². The standard InChI is InChI=1S/C24H26F3N5O3/c1-23(2,3)35-22(34)31-12-17-19(18(33)13-31)20(30-14-7-5-4-6-8-14)21(32(17)28)15-9-10-29-11-16(15)24(25,26)27/h5,7-11,30H,4,6,12-13,28H2,1-3H3. The van der Waals surface area contributed by atoms with Gasteiger partial charge in [-0.3, -0.25) is 19.4 Å². The number of hydrogen-bond acceptors (Lipinski definition) is 6. The molecule has 8 nitrogen and oxygen atoms in total. The first-order valence-electron chi connectivity index (χ1n) is 11.1. The number of ketones is 1. The molecule has 0 atom stereocenters. The Morgan fingerprint density at radius 2 is 1.94 bits per heavy atom. The fraction of sp³-hybridized carbons (Fsp3) is 0.375. The fourth-order valence-corrected chi connectivity index (χ4v) is 4.10. The van der Waals surface area contributed by atoms with E-state index in [1.54, 1.807) is 26.8 Å². The Kier molecular flexibility index (Phi) is 6.12. The second-order valence-corrected chi connectivity index (χ2v) is 9.36. The van der Waals surface area contributed by atoms with Crippen LogP contribution in [0.5, 0.6) is 0 Å². The quantitative estimate of drug-likeness (QED) is 0.597. The monoisotopic (exact) mass is 489 g/mol. The Morgan fingerprint density at radius 3 is 2.57 bits per heavy atom. The second-order valence-electron chi connectivity index (χ2n) is 9.36. The summed E-state index contributed by atoms with van der Waals surface area (Å²) in [7, 11) is 0. The second kappa shape index (κ2) is 8.79. The Labute approximate surface area is 200 Å². The van der Waals surface area contributed by atoms with Crippen molar-refractivity contribution < 1.29 is 27.5 Å². The van der Waals surface area contributed by atoms with Crippen molar-refractivity contribution in [2.24, 2.45) is 0 Å². The summed E-state index contributed by atoms with van der Waals surface area (Å²) in [6.45, 7) is 4.68. The van der Waals surface area contributed by atoms with Crippen molar-refractivity contribution >= 4 is 17.6 Å². The SMILES string of the molecule is CC(C)(C)OC(=O)N1CC(=O)c2c(NC3=CCCC=C3)c(-c3ccncc3C(F)(F)F)n(N)c2C1. The zero-order valence-corrected chi connectivity index (χ0v) is 19.6. The molecule has 0 saturated carbocycles. The summed E-state index contributed by atoms with van der Waals surface area (Å²) in [5, 5.41) is 3.12. The molecule has 1 aliphatic carbocycles. The number of rotatable bonds is 3. The molecule has 2 aliphatic rings. The third-order valence-corrected chi connectivity index (χ3v) is 5.56. The van der Waals surface area contributed by atoms with Gasteiger partial charge in [0, 0.05) is 23.7 Å². The number of carbonyl (C=O) groups excluding carboxylic acids is 2. The number of alkyl halides is 3. The fourth-order valence-electron chi connectivity index (χ4n) is 4.10. The number of anilines is 1. The lowest BCUT2D eigenvalue weighted by molar-refractivity contribution is -0.137. The number of halogens is 3. The molecule has 3 N–H and O–H groups in total. The van der Waals surface area contributed by atoms with Crippen molar-refractivity contribution in [1.29, 1.82) is 0 Å². The van der Waals surface area contributed by atoms with Crippen LogP contribution < -0.4 is 11.2 Å². The number of hydrogen-bond donors (Lipinski definition) is 2. The predicted molar refractivity (Wildman–Crippen MR) is 124 cm³/mol. The van der Waals surface area contributed by atoms with E-state index in [4.69, 9.17) is 10.6 Å². The topological polar surface area (TPSA) is 102 Å². The van der Waals surface area contributed by atoms with E-state index in [-0.39, 0.29) is 41.3 Å². The Bertz CT molecular complexity index is 1240. The number of nitrogens with one attached hydrogen (secondary N) is 1. The normalized spacial score (nSPS) is 16.1. The van der Waals surface area contributed by atoms with Gasteiger partial charge in [0.25, 0.3) is 0 Å². The average molecular weight is 489 g/mol. The third-order valence-electron chi connectivity index (χ3n) is 5.56. The van der Waals surface area contributed by atoms with Crippen LogP contribution in [-0.4, -0.2) is 38.6 Å². The smallest absolute Gasteiger partial charge is 0.418 e. The molecule has 11 heteroatoms. The van der Waals surface area contributed by atoms with Crippen LogP contribution in [0.15, 0.2) is 42.4 Å². The summed E-state index contributed by atoms with van der Waals surface area (Å²) in [5.41, 5.74) is -0.896. The summed E-state index contributed by atoms with van der Waals surface area (Å²) < 4.78 is 48.0. The van der Waals surface area contributed by atoms with Crippen LogP contribution in [0.3, 0.4) is 0 Å². The first-order chi connectivity index (χ1) is 16.4. The van der Waals surface area contributed by atoms with Crippen LogP contribution in [0.4, 0.5) is 23.7 Å². The molecular formula is C24H26F3N5O3. The van der Waals surface area contributed by atoms with E-state index in [9.17, 15) is 22.8 Å². The number of nitrogens with zero attached hydrogens (tertiary/aromatic N) is 3. The van der Waals surface area contributed by atoms with Crippen LogP contribution in [0.2, 0.25) is 0 Å². The molecule has 3 heterocycles. The van der Waals surface area contributed by atoms with Crippen LogP contribution in [0.25, 0.3) is 11.3 Å². The first kappa shape index (κ1) is 24.4. The number of fused-ring (bicyclic) bond motifs is 1. The molecule has 186 valence electrons. The highest BCUT2D eigenvalue weighted by atomic mass is 19.4. The lowest BCUT2D eigenvalue weighted by atomic mass is 10.0. The summed E-state index contributed by atoms with van der Waals surface area (Å²) in [5.74, 6) is 5.88. The Morgan fingerprint density at radius 1 is 1.20 bits per heavy atom. The lowest BCUT2D eigenvalue weighted by Gasteiger charge is -2.30. The summed E-state index contributed by atoms with van der Waals surface area (Å²) in [6.07, 6.45) is 3.71. The van der Waals surface area contributed by atoms with Gasteiger partial charge in [0.15, 0.2) is 5.78 Å². The minimum Gasteiger partial charge on any atom is -0.444 e. The minimum absolute atomic E-state index is 0.0241. The maximum Gasteiger partial charge on any atom is 0.418 e. The summed E-state index contributed by atoms with van der Waals surface area (Å²) >= 11 is 0. The van der Waals surface area contributed by atoms with Crippen molar-refractivity contribution in [1.82, 2.24) is 14.6 Å². The van der Waals surface area contributed by atoms with Crippen molar-refractivity contribution in [3.63, 3.8) is 0 Å². The Hall–Kier alpha value is -3.76. The molecule has 0 radical (unpaired) electrons. The van der Waals surface area contributed by atoms with Crippen molar-refractivity contribution in [2.45, 2.75) is 51.9 Å². The van der Waals surface area contributed by atoms with Crippen LogP contribution in [0.1, 0.15) is 55.2 Å². The van der Waals surface area contributed by atoms with Gasteiger partial charge in [0.2, 0.25) is 0 Å². The molecule has 0 spiro atoms. The summed E-state index contributed by atoms with van der Waals surface area (Å²) in [4.78, 5) is 30.7. The van der Waals surface area contributed by atoms with Gasteiger partial charge in [-0.05, 0) is 45.8 Å². The number of Topliss-reactive ketones (excluding diaryl/α,β-unsaturated/α-hetero) is 1. The molecule has 2 aromatic rings. The number of ether oxygens (including phenoxy) is 1. The molecule has 35 heavy (non-hydrogen) atoms. The third kappa shape index (κ3) is 4.89. The van der Waals surface area contributed by atoms with E-state index in [1.165, 1.54) is 17.2 Å². The Balaban J connectivity index is 1.88. The van der Waals surface area contributed by atoms with E-state index < -0.39 is 29.2 Å². The van der Waals surface area contributed by atoms with E-state index in [2.05, 4.69) is 10.3 Å². The molecule has 2 aromatic heterocycles. The van der Waals surface area contributed by atoms with Gasteiger partial charge in [-0.15, -0.1) is 0 Å². The largest absolute Gasteiger partial charge is 0.444 e. The van der Waals surface area contributed by atoms with E-state index in [0.29, 0.717) is 5.70 Å². The molecule has 0 bridgehead atoms. The number of nitrogen functional groups attached to an aromatic ring is 1. The van der Waals surface area contributed by atoms with Gasteiger partial charge in [0.1, 0.15) is 5.60 Å². The highest BCUT2D eigenvalue weighted by molar-refractivity contribution is 6.09. The average Bonchev–Trinajstić information content (AvgIpc) is 3.04. The predicted octanol–water partition coefficient (Wildman–Crippen LogP) is 4.86. The molecular weight excluding hydrogens is 463 g/mol. The maximum atomic E-state index is 13.9. The number of nitrogens with two attached hydrogens (primary N) is 1. The van der Waals surface area contributed by atoms with Crippen LogP contribution in [0, 0.1) is 0 Å². The van der Waals surface area contributed by atoms with Gasteiger partial charge in [-0.1, -0.05) is 12.2 Å². The number of aromatic nitrogens is 2. The van der Waals surface area contributed by atoms with Crippen molar-refractivity contribution in [3.05, 3.63) is 59.2 Å². The molecule has 0 aromatic carbocycles. The number of amides is 1. The van der Waals surface area contributed by atoms with E-state index in [1.807, 2.05) is 12.2 Å². The zero-order valence-electron chi connectivity index (χ0n) is 19.6. The van der Waals surface area contributed by atoms with Crippen LogP contribution >= 0.6 is 0 Å². The van der Waals surface area contributed by atoms with E-state index >= 15 is 0 Å².